The number of benzene rings is 1. The van der Waals surface area contributed by atoms with Crippen LogP contribution in [0.3, 0.4) is 0 Å². The molecule has 0 aliphatic heterocycles. The Hall–Kier alpha value is -2.36. The molecule has 0 saturated heterocycles. The largest absolute Gasteiger partial charge is 0.496 e. The van der Waals surface area contributed by atoms with Gasteiger partial charge in [-0.2, -0.15) is 4.57 Å². The average molecular weight is 327 g/mol. The second-order valence-electron chi connectivity index (χ2n) is 5.91. The molecule has 24 heavy (non-hydrogen) atoms. The zero-order valence-corrected chi connectivity index (χ0v) is 14.8. The highest BCUT2D eigenvalue weighted by molar-refractivity contribution is 5.74. The summed E-state index contributed by atoms with van der Waals surface area (Å²) in [5.41, 5.74) is 2.31. The van der Waals surface area contributed by atoms with Crippen LogP contribution in [0.1, 0.15) is 43.7 Å². The van der Waals surface area contributed by atoms with Gasteiger partial charge in [-0.05, 0) is 30.4 Å². The summed E-state index contributed by atoms with van der Waals surface area (Å²) in [6.07, 6.45) is 6.24. The number of hydrogen-bond acceptors (Lipinski definition) is 2. The van der Waals surface area contributed by atoms with Gasteiger partial charge in [-0.15, -0.1) is 0 Å². The van der Waals surface area contributed by atoms with Crippen LogP contribution in [0.4, 0.5) is 0 Å². The van der Waals surface area contributed by atoms with E-state index in [-0.39, 0.29) is 5.91 Å². The second-order valence-corrected chi connectivity index (χ2v) is 5.91. The summed E-state index contributed by atoms with van der Waals surface area (Å²) in [5, 5.41) is 2.94. The molecule has 4 nitrogen and oxygen atoms in total. The minimum atomic E-state index is -0.0128. The van der Waals surface area contributed by atoms with E-state index < -0.39 is 0 Å². The van der Waals surface area contributed by atoms with Crippen molar-refractivity contribution in [3.8, 4) is 5.75 Å². The van der Waals surface area contributed by atoms with E-state index in [1.165, 1.54) is 5.56 Å². The molecular formula is C20H27N2O2+. The number of amides is 1. The predicted molar refractivity (Wildman–Crippen MR) is 94.8 cm³/mol. The maximum atomic E-state index is 12.1. The Bertz CT molecular complexity index is 649. The van der Waals surface area contributed by atoms with Crippen molar-refractivity contribution in [2.45, 2.75) is 45.7 Å². The molecule has 0 atom stereocenters. The first-order valence-electron chi connectivity index (χ1n) is 8.55. The molecule has 0 aliphatic carbocycles. The normalized spacial score (nSPS) is 10.7. The van der Waals surface area contributed by atoms with Gasteiger partial charge in [0.15, 0.2) is 12.4 Å². The molecule has 1 amide bonds. The van der Waals surface area contributed by atoms with Crippen molar-refractivity contribution in [3.05, 3.63) is 59.9 Å². The highest BCUT2D eigenvalue weighted by atomic mass is 16.5. The van der Waals surface area contributed by atoms with E-state index in [4.69, 9.17) is 4.74 Å². The molecule has 1 N–H and O–H groups in total. The number of hydrogen-bond donors (Lipinski definition) is 1. The number of carbonyl (C=O) groups is 1. The Kier molecular flexibility index (Phi) is 6.79. The number of nitrogens with zero attached hydrogens (tertiary/aromatic N) is 1. The van der Waals surface area contributed by atoms with Crippen LogP contribution in [0.25, 0.3) is 0 Å². The third-order valence-electron chi connectivity index (χ3n) is 4.37. The summed E-state index contributed by atoms with van der Waals surface area (Å²) in [6, 6.07) is 11.9. The predicted octanol–water partition coefficient (Wildman–Crippen LogP) is 3.20. The molecule has 4 heteroatoms. The average Bonchev–Trinajstić information content (AvgIpc) is 2.62. The van der Waals surface area contributed by atoms with Crippen molar-refractivity contribution in [2.24, 2.45) is 0 Å². The molecule has 0 bridgehead atoms. The lowest BCUT2D eigenvalue weighted by molar-refractivity contribution is -0.684. The van der Waals surface area contributed by atoms with Crippen molar-refractivity contribution >= 4 is 5.91 Å². The molecule has 0 spiro atoms. The van der Waals surface area contributed by atoms with Crippen LogP contribution < -0.4 is 14.6 Å². The van der Waals surface area contributed by atoms with Crippen LogP contribution >= 0.6 is 0 Å². The lowest BCUT2D eigenvalue weighted by atomic mass is 9.95. The third kappa shape index (κ3) is 4.82. The highest BCUT2D eigenvalue weighted by Crippen LogP contribution is 2.21. The number of aromatic nitrogens is 1. The van der Waals surface area contributed by atoms with E-state index in [1.807, 2.05) is 41.2 Å². The first-order valence-corrected chi connectivity index (χ1v) is 8.55. The van der Waals surface area contributed by atoms with Gasteiger partial charge in [-0.1, -0.05) is 32.0 Å². The fraction of sp³-hybridized carbons (Fsp3) is 0.400. The van der Waals surface area contributed by atoms with Gasteiger partial charge in [0.1, 0.15) is 5.75 Å². The molecule has 1 aromatic carbocycles. The summed E-state index contributed by atoms with van der Waals surface area (Å²) in [7, 11) is 1.64. The van der Waals surface area contributed by atoms with E-state index in [0.717, 1.165) is 24.2 Å². The minimum absolute atomic E-state index is 0.0128. The van der Waals surface area contributed by atoms with Crippen LogP contribution in [0.5, 0.6) is 5.75 Å². The SMILES string of the molecule is CCC(CC)c1cc[n+](CC(=O)NCc2ccccc2OC)cc1. The molecule has 0 fully saturated rings. The van der Waals surface area contributed by atoms with Gasteiger partial charge >= 0.3 is 0 Å². The summed E-state index contributed by atoms with van der Waals surface area (Å²) in [4.78, 5) is 12.1. The number of nitrogens with one attached hydrogen (secondary N) is 1. The number of carbonyl (C=O) groups excluding carboxylic acids is 1. The minimum Gasteiger partial charge on any atom is -0.496 e. The van der Waals surface area contributed by atoms with Gasteiger partial charge in [-0.25, -0.2) is 0 Å². The molecule has 2 aromatic rings. The molecule has 0 unspecified atom stereocenters. The lowest BCUT2D eigenvalue weighted by Crippen LogP contribution is -2.42. The third-order valence-corrected chi connectivity index (χ3v) is 4.37. The number of rotatable bonds is 8. The second kappa shape index (κ2) is 9.06. The smallest absolute Gasteiger partial charge is 0.286 e. The zero-order valence-electron chi connectivity index (χ0n) is 14.8. The highest BCUT2D eigenvalue weighted by Gasteiger charge is 2.12. The monoisotopic (exact) mass is 327 g/mol. The first-order chi connectivity index (χ1) is 11.7. The standard InChI is InChI=1S/C20H26N2O2/c1-4-16(5-2)17-10-12-22(13-11-17)15-20(23)21-14-18-8-6-7-9-19(18)24-3/h6-13,16H,4-5,14-15H2,1-3H3/p+1. The Morgan fingerprint density at radius 1 is 1.12 bits per heavy atom. The van der Waals surface area contributed by atoms with Gasteiger partial charge in [0, 0.05) is 24.2 Å². The first kappa shape index (κ1) is 18.0. The molecule has 0 aliphatic rings. The van der Waals surface area contributed by atoms with Crippen LogP contribution in [0.2, 0.25) is 0 Å². The maximum absolute atomic E-state index is 12.1. The Morgan fingerprint density at radius 2 is 1.79 bits per heavy atom. The van der Waals surface area contributed by atoms with Crippen molar-refractivity contribution < 1.29 is 14.1 Å². The molecule has 1 aromatic heterocycles. The van der Waals surface area contributed by atoms with E-state index in [1.54, 1.807) is 7.11 Å². The van der Waals surface area contributed by atoms with E-state index in [0.29, 0.717) is 19.0 Å². The quantitative estimate of drug-likeness (QED) is 0.757. The Balaban J connectivity index is 1.90. The summed E-state index contributed by atoms with van der Waals surface area (Å²) >= 11 is 0. The Morgan fingerprint density at radius 3 is 2.42 bits per heavy atom. The topological polar surface area (TPSA) is 42.2 Å². The van der Waals surface area contributed by atoms with Gasteiger partial charge in [0.2, 0.25) is 6.54 Å². The summed E-state index contributed by atoms with van der Waals surface area (Å²) in [5.74, 6) is 1.38. The molecule has 128 valence electrons. The maximum Gasteiger partial charge on any atom is 0.286 e. The van der Waals surface area contributed by atoms with Gasteiger partial charge in [0.25, 0.3) is 5.91 Å². The van der Waals surface area contributed by atoms with Crippen LogP contribution in [0.15, 0.2) is 48.8 Å². The van der Waals surface area contributed by atoms with Crippen LogP contribution in [-0.4, -0.2) is 13.0 Å². The van der Waals surface area contributed by atoms with Gasteiger partial charge in [0.05, 0.1) is 7.11 Å². The summed E-state index contributed by atoms with van der Waals surface area (Å²) < 4.78 is 7.20. The molecular weight excluding hydrogens is 300 g/mol. The van der Waals surface area contributed by atoms with Crippen molar-refractivity contribution in [1.29, 1.82) is 0 Å². The fourth-order valence-electron chi connectivity index (χ4n) is 2.87. The van der Waals surface area contributed by atoms with E-state index in [2.05, 4.69) is 31.3 Å². The Labute approximate surface area is 144 Å². The van der Waals surface area contributed by atoms with Crippen molar-refractivity contribution in [3.63, 3.8) is 0 Å². The van der Waals surface area contributed by atoms with E-state index in [9.17, 15) is 4.79 Å². The van der Waals surface area contributed by atoms with Crippen LogP contribution in [0, 0.1) is 0 Å². The van der Waals surface area contributed by atoms with Gasteiger partial charge < -0.3 is 10.1 Å². The molecule has 0 radical (unpaired) electrons. The van der Waals surface area contributed by atoms with E-state index >= 15 is 0 Å². The van der Waals surface area contributed by atoms with Gasteiger partial charge in [-0.3, -0.25) is 4.79 Å². The summed E-state index contributed by atoms with van der Waals surface area (Å²) in [6.45, 7) is 5.20. The number of pyridine rings is 1. The van der Waals surface area contributed by atoms with Crippen molar-refractivity contribution in [2.75, 3.05) is 7.11 Å². The number of ether oxygens (including phenoxy) is 1. The number of methoxy groups -OCH3 is 1. The molecule has 2 rings (SSSR count). The molecule has 1 heterocycles. The van der Waals surface area contributed by atoms with Crippen molar-refractivity contribution in [1.82, 2.24) is 5.32 Å². The number of para-hydroxylation sites is 1. The fourth-order valence-corrected chi connectivity index (χ4v) is 2.87. The zero-order chi connectivity index (χ0) is 17.4. The lowest BCUT2D eigenvalue weighted by Gasteiger charge is -2.11. The molecule has 0 saturated carbocycles. The van der Waals surface area contributed by atoms with Crippen LogP contribution in [-0.2, 0) is 17.9 Å².